The first-order chi connectivity index (χ1) is 14.9. The van der Waals surface area contributed by atoms with Crippen LogP contribution in [0.25, 0.3) is 0 Å². The fourth-order valence-electron chi connectivity index (χ4n) is 2.48. The maximum Gasteiger partial charge on any atom is 0.329 e. The molecule has 0 unspecified atom stereocenters. The zero-order chi connectivity index (χ0) is 22.6. The Morgan fingerprint density at radius 1 is 1.06 bits per heavy atom. The SMILES string of the molecule is CCCNC(=O)C(=O)N/N=C\c1ccc(OCC(=O)Nc2cccc(C)c2)c(OC)c1. The van der Waals surface area contributed by atoms with Gasteiger partial charge in [0.05, 0.1) is 13.3 Å². The van der Waals surface area contributed by atoms with E-state index in [0.29, 0.717) is 29.3 Å². The third-order valence-electron chi connectivity index (χ3n) is 3.97. The van der Waals surface area contributed by atoms with E-state index in [-0.39, 0.29) is 12.5 Å². The molecule has 0 saturated carbocycles. The highest BCUT2D eigenvalue weighted by molar-refractivity contribution is 6.35. The molecule has 3 amide bonds. The molecule has 0 aromatic heterocycles. The van der Waals surface area contributed by atoms with Gasteiger partial charge < -0.3 is 20.1 Å². The first kappa shape index (κ1) is 23.4. The summed E-state index contributed by atoms with van der Waals surface area (Å²) >= 11 is 0. The summed E-state index contributed by atoms with van der Waals surface area (Å²) in [5.74, 6) is -1.13. The van der Waals surface area contributed by atoms with Crippen LogP contribution in [0.15, 0.2) is 47.6 Å². The van der Waals surface area contributed by atoms with Crippen LogP contribution in [0.2, 0.25) is 0 Å². The molecule has 164 valence electrons. The molecule has 0 atom stereocenters. The van der Waals surface area contributed by atoms with Crippen LogP contribution in [0.4, 0.5) is 5.69 Å². The quantitative estimate of drug-likeness (QED) is 0.322. The Morgan fingerprint density at radius 2 is 1.87 bits per heavy atom. The first-order valence-electron chi connectivity index (χ1n) is 9.71. The fourth-order valence-corrected chi connectivity index (χ4v) is 2.48. The Balaban J connectivity index is 1.91. The van der Waals surface area contributed by atoms with Gasteiger partial charge in [-0.3, -0.25) is 14.4 Å². The molecule has 0 aliphatic rings. The predicted octanol–water partition coefficient (Wildman–Crippen LogP) is 2.00. The van der Waals surface area contributed by atoms with Crippen LogP contribution in [-0.4, -0.2) is 44.2 Å². The van der Waals surface area contributed by atoms with Crippen molar-refractivity contribution in [2.45, 2.75) is 20.3 Å². The lowest BCUT2D eigenvalue weighted by Gasteiger charge is -2.11. The topological polar surface area (TPSA) is 118 Å². The molecule has 0 aliphatic heterocycles. The number of nitrogens with one attached hydrogen (secondary N) is 3. The van der Waals surface area contributed by atoms with Crippen LogP contribution in [-0.2, 0) is 14.4 Å². The van der Waals surface area contributed by atoms with Crippen molar-refractivity contribution < 1.29 is 23.9 Å². The second-order valence-electron chi connectivity index (χ2n) is 6.57. The predicted molar refractivity (Wildman–Crippen MR) is 117 cm³/mol. The second kappa shape index (κ2) is 12.0. The number of amides is 3. The summed E-state index contributed by atoms with van der Waals surface area (Å²) in [6.45, 7) is 4.04. The number of methoxy groups -OCH3 is 1. The molecular formula is C22H26N4O5. The summed E-state index contributed by atoms with van der Waals surface area (Å²) in [5, 5.41) is 8.97. The van der Waals surface area contributed by atoms with Crippen molar-refractivity contribution in [3.8, 4) is 11.5 Å². The van der Waals surface area contributed by atoms with Crippen molar-refractivity contribution in [2.75, 3.05) is 25.6 Å². The van der Waals surface area contributed by atoms with Gasteiger partial charge in [-0.2, -0.15) is 5.10 Å². The minimum absolute atomic E-state index is 0.194. The van der Waals surface area contributed by atoms with Gasteiger partial charge in [-0.1, -0.05) is 19.1 Å². The van der Waals surface area contributed by atoms with Crippen LogP contribution in [0.5, 0.6) is 11.5 Å². The van der Waals surface area contributed by atoms with Crippen molar-refractivity contribution in [1.82, 2.24) is 10.7 Å². The van der Waals surface area contributed by atoms with Gasteiger partial charge in [-0.25, -0.2) is 5.43 Å². The molecule has 2 aromatic rings. The van der Waals surface area contributed by atoms with E-state index >= 15 is 0 Å². The van der Waals surface area contributed by atoms with Crippen molar-refractivity contribution in [2.24, 2.45) is 5.10 Å². The highest BCUT2D eigenvalue weighted by Gasteiger charge is 2.11. The molecule has 0 heterocycles. The summed E-state index contributed by atoms with van der Waals surface area (Å²) in [6.07, 6.45) is 2.09. The Hall–Kier alpha value is -3.88. The fraction of sp³-hybridized carbons (Fsp3) is 0.273. The monoisotopic (exact) mass is 426 g/mol. The molecule has 3 N–H and O–H groups in total. The largest absolute Gasteiger partial charge is 0.493 e. The van der Waals surface area contributed by atoms with Gasteiger partial charge in [0.2, 0.25) is 0 Å². The van der Waals surface area contributed by atoms with E-state index in [9.17, 15) is 14.4 Å². The maximum absolute atomic E-state index is 12.1. The van der Waals surface area contributed by atoms with Crippen LogP contribution in [0.3, 0.4) is 0 Å². The Labute approximate surface area is 180 Å². The van der Waals surface area contributed by atoms with E-state index in [1.807, 2.05) is 32.0 Å². The van der Waals surface area contributed by atoms with Gasteiger partial charge in [0, 0.05) is 12.2 Å². The average Bonchev–Trinajstić information content (AvgIpc) is 2.76. The summed E-state index contributed by atoms with van der Waals surface area (Å²) in [5.41, 5.74) is 4.48. The number of hydrogen-bond acceptors (Lipinski definition) is 6. The number of benzene rings is 2. The molecule has 0 fully saturated rings. The minimum Gasteiger partial charge on any atom is -0.493 e. The summed E-state index contributed by atoms with van der Waals surface area (Å²) in [4.78, 5) is 35.2. The molecule has 0 spiro atoms. The standard InChI is InChI=1S/C22H26N4O5/c1-4-10-23-21(28)22(29)26-24-13-16-8-9-18(19(12-16)30-3)31-14-20(27)25-17-7-5-6-15(2)11-17/h5-9,11-13H,4,10,14H2,1-3H3,(H,23,28)(H,25,27)(H,26,29)/b24-13-. The van der Waals surface area contributed by atoms with Crippen LogP contribution < -0.4 is 25.5 Å². The summed E-state index contributed by atoms with van der Waals surface area (Å²) in [6, 6.07) is 12.4. The zero-order valence-corrected chi connectivity index (χ0v) is 17.7. The third-order valence-corrected chi connectivity index (χ3v) is 3.97. The molecule has 0 saturated heterocycles. The summed E-state index contributed by atoms with van der Waals surface area (Å²) < 4.78 is 10.8. The van der Waals surface area contributed by atoms with Crippen LogP contribution >= 0.6 is 0 Å². The minimum atomic E-state index is -0.851. The van der Waals surface area contributed by atoms with Crippen LogP contribution in [0, 0.1) is 6.92 Å². The van der Waals surface area contributed by atoms with Gasteiger partial charge in [0.1, 0.15) is 0 Å². The molecule has 9 nitrogen and oxygen atoms in total. The normalized spacial score (nSPS) is 10.4. The van der Waals surface area contributed by atoms with E-state index in [4.69, 9.17) is 9.47 Å². The van der Waals surface area contributed by atoms with Crippen molar-refractivity contribution in [1.29, 1.82) is 0 Å². The first-order valence-corrected chi connectivity index (χ1v) is 9.71. The lowest BCUT2D eigenvalue weighted by atomic mass is 10.2. The number of nitrogens with zero attached hydrogens (tertiary/aromatic N) is 1. The average molecular weight is 426 g/mol. The highest BCUT2D eigenvalue weighted by Crippen LogP contribution is 2.27. The number of ether oxygens (including phenoxy) is 2. The molecule has 0 bridgehead atoms. The summed E-state index contributed by atoms with van der Waals surface area (Å²) in [7, 11) is 1.47. The van der Waals surface area contributed by atoms with E-state index in [2.05, 4.69) is 21.2 Å². The molecule has 0 aliphatic carbocycles. The lowest BCUT2D eigenvalue weighted by molar-refractivity contribution is -0.139. The number of carbonyl (C=O) groups excluding carboxylic acids is 3. The number of anilines is 1. The van der Waals surface area contributed by atoms with E-state index in [1.54, 1.807) is 24.3 Å². The molecular weight excluding hydrogens is 400 g/mol. The van der Waals surface area contributed by atoms with Crippen LogP contribution in [0.1, 0.15) is 24.5 Å². The van der Waals surface area contributed by atoms with E-state index in [0.717, 1.165) is 12.0 Å². The second-order valence-corrected chi connectivity index (χ2v) is 6.57. The van der Waals surface area contributed by atoms with Gasteiger partial charge in [-0.05, 0) is 54.8 Å². The number of rotatable bonds is 9. The van der Waals surface area contributed by atoms with Gasteiger partial charge in [-0.15, -0.1) is 0 Å². The molecule has 0 radical (unpaired) electrons. The molecule has 2 aromatic carbocycles. The third kappa shape index (κ3) is 7.81. The Kier molecular flexibility index (Phi) is 9.03. The molecule has 31 heavy (non-hydrogen) atoms. The molecule has 9 heteroatoms. The Bertz CT molecular complexity index is 959. The van der Waals surface area contributed by atoms with E-state index < -0.39 is 11.8 Å². The lowest BCUT2D eigenvalue weighted by Crippen LogP contribution is -2.38. The van der Waals surface area contributed by atoms with Crippen molar-refractivity contribution >= 4 is 29.6 Å². The highest BCUT2D eigenvalue weighted by atomic mass is 16.5. The Morgan fingerprint density at radius 3 is 2.58 bits per heavy atom. The molecule has 2 rings (SSSR count). The van der Waals surface area contributed by atoms with Crippen molar-refractivity contribution in [3.63, 3.8) is 0 Å². The van der Waals surface area contributed by atoms with Gasteiger partial charge in [0.15, 0.2) is 18.1 Å². The number of carbonyl (C=O) groups is 3. The number of aryl methyl sites for hydroxylation is 1. The van der Waals surface area contributed by atoms with E-state index in [1.165, 1.54) is 13.3 Å². The van der Waals surface area contributed by atoms with Gasteiger partial charge in [0.25, 0.3) is 5.91 Å². The van der Waals surface area contributed by atoms with Gasteiger partial charge >= 0.3 is 11.8 Å². The van der Waals surface area contributed by atoms with Crippen molar-refractivity contribution in [3.05, 3.63) is 53.6 Å². The number of hydrazone groups is 1. The zero-order valence-electron chi connectivity index (χ0n) is 17.7. The smallest absolute Gasteiger partial charge is 0.329 e. The maximum atomic E-state index is 12.1. The number of hydrogen-bond donors (Lipinski definition) is 3.